The molecule has 1 fully saturated rings. The average molecular weight is 250 g/mol. The molecule has 0 aromatic carbocycles. The highest BCUT2D eigenvalue weighted by atomic mass is 16.3. The van der Waals surface area contributed by atoms with Crippen LogP contribution < -0.4 is 0 Å². The maximum atomic E-state index is 10.8. The standard InChI is InChI=1S/C15H26N2O/c1-4-17-10-9-16-14(17)13(18)15(11-12(2)3)7-5-6-8-15/h9-10,12-13,18H,4-8,11H2,1-3H3. The first-order valence-corrected chi connectivity index (χ1v) is 7.28. The van der Waals surface area contributed by atoms with E-state index < -0.39 is 6.10 Å². The van der Waals surface area contributed by atoms with Crippen LogP contribution in [0, 0.1) is 11.3 Å². The van der Waals surface area contributed by atoms with Gasteiger partial charge >= 0.3 is 0 Å². The van der Waals surface area contributed by atoms with E-state index in [-0.39, 0.29) is 5.41 Å². The summed E-state index contributed by atoms with van der Waals surface area (Å²) in [5, 5.41) is 10.8. The fourth-order valence-corrected chi connectivity index (χ4v) is 3.59. The molecule has 0 amide bonds. The first-order chi connectivity index (χ1) is 8.59. The first kappa shape index (κ1) is 13.6. The smallest absolute Gasteiger partial charge is 0.138 e. The second kappa shape index (κ2) is 5.43. The Hall–Kier alpha value is -0.830. The maximum absolute atomic E-state index is 10.8. The molecule has 0 spiro atoms. The molecular weight excluding hydrogens is 224 g/mol. The number of rotatable bonds is 5. The lowest BCUT2D eigenvalue weighted by Crippen LogP contribution is -2.29. The second-order valence-electron chi connectivity index (χ2n) is 6.14. The van der Waals surface area contributed by atoms with Crippen molar-refractivity contribution in [2.45, 2.75) is 65.5 Å². The van der Waals surface area contributed by atoms with Crippen LogP contribution in [-0.2, 0) is 6.54 Å². The van der Waals surface area contributed by atoms with Gasteiger partial charge in [0.25, 0.3) is 0 Å². The topological polar surface area (TPSA) is 38.0 Å². The van der Waals surface area contributed by atoms with Gasteiger partial charge in [0, 0.05) is 24.4 Å². The van der Waals surface area contributed by atoms with Crippen molar-refractivity contribution in [2.75, 3.05) is 0 Å². The Morgan fingerprint density at radius 1 is 1.39 bits per heavy atom. The minimum atomic E-state index is -0.405. The molecule has 2 rings (SSSR count). The van der Waals surface area contributed by atoms with Crippen molar-refractivity contribution in [3.8, 4) is 0 Å². The number of aryl methyl sites for hydroxylation is 1. The lowest BCUT2D eigenvalue weighted by Gasteiger charge is -2.35. The molecule has 1 atom stereocenters. The molecule has 3 nitrogen and oxygen atoms in total. The summed E-state index contributed by atoms with van der Waals surface area (Å²) in [5.74, 6) is 1.49. The van der Waals surface area contributed by atoms with E-state index in [0.717, 1.165) is 31.6 Å². The SMILES string of the molecule is CCn1ccnc1C(O)C1(CC(C)C)CCCC1. The number of aliphatic hydroxyl groups excluding tert-OH is 1. The Bertz CT molecular complexity index is 378. The molecule has 0 radical (unpaired) electrons. The minimum absolute atomic E-state index is 0.0619. The molecule has 18 heavy (non-hydrogen) atoms. The van der Waals surface area contributed by atoms with Crippen molar-refractivity contribution in [3.63, 3.8) is 0 Å². The van der Waals surface area contributed by atoms with E-state index in [2.05, 4.69) is 30.3 Å². The molecule has 1 aliphatic rings. The number of aliphatic hydroxyl groups is 1. The molecule has 102 valence electrons. The molecule has 1 heterocycles. The zero-order valence-electron chi connectivity index (χ0n) is 11.9. The van der Waals surface area contributed by atoms with Crippen LogP contribution in [0.1, 0.15) is 64.8 Å². The summed E-state index contributed by atoms with van der Waals surface area (Å²) in [6, 6.07) is 0. The van der Waals surface area contributed by atoms with Gasteiger partial charge in [-0.3, -0.25) is 0 Å². The Balaban J connectivity index is 2.25. The van der Waals surface area contributed by atoms with Crippen molar-refractivity contribution in [1.82, 2.24) is 9.55 Å². The quantitative estimate of drug-likeness (QED) is 0.868. The molecule has 1 saturated carbocycles. The molecule has 1 unspecified atom stereocenters. The number of nitrogens with zero attached hydrogens (tertiary/aromatic N) is 2. The van der Waals surface area contributed by atoms with Crippen molar-refractivity contribution in [1.29, 1.82) is 0 Å². The van der Waals surface area contributed by atoms with Crippen molar-refractivity contribution < 1.29 is 5.11 Å². The van der Waals surface area contributed by atoms with Gasteiger partial charge in [0.15, 0.2) is 0 Å². The predicted molar refractivity (Wildman–Crippen MR) is 73.2 cm³/mol. The summed E-state index contributed by atoms with van der Waals surface area (Å²) in [6.45, 7) is 7.48. The van der Waals surface area contributed by atoms with E-state index in [1.165, 1.54) is 12.8 Å². The fourth-order valence-electron chi connectivity index (χ4n) is 3.59. The normalized spacial score (nSPS) is 20.5. The van der Waals surface area contributed by atoms with Crippen LogP contribution in [-0.4, -0.2) is 14.7 Å². The molecule has 3 heteroatoms. The van der Waals surface area contributed by atoms with Gasteiger partial charge in [0.05, 0.1) is 0 Å². The van der Waals surface area contributed by atoms with Gasteiger partial charge in [-0.25, -0.2) is 4.98 Å². The van der Waals surface area contributed by atoms with E-state index in [4.69, 9.17) is 0 Å². The van der Waals surface area contributed by atoms with Crippen molar-refractivity contribution >= 4 is 0 Å². The third-order valence-corrected chi connectivity index (χ3v) is 4.33. The monoisotopic (exact) mass is 250 g/mol. The zero-order chi connectivity index (χ0) is 13.2. The number of hydrogen-bond acceptors (Lipinski definition) is 2. The van der Waals surface area contributed by atoms with Crippen LogP contribution >= 0.6 is 0 Å². The third kappa shape index (κ3) is 2.46. The van der Waals surface area contributed by atoms with Gasteiger partial charge < -0.3 is 9.67 Å². The largest absolute Gasteiger partial charge is 0.385 e. The Kier molecular flexibility index (Phi) is 4.10. The number of aromatic nitrogens is 2. The van der Waals surface area contributed by atoms with E-state index in [1.807, 2.05) is 6.20 Å². The average Bonchev–Trinajstić information content (AvgIpc) is 2.95. The van der Waals surface area contributed by atoms with Crippen LogP contribution in [0.5, 0.6) is 0 Å². The highest BCUT2D eigenvalue weighted by molar-refractivity contribution is 5.05. The van der Waals surface area contributed by atoms with Crippen LogP contribution in [0.3, 0.4) is 0 Å². The summed E-state index contributed by atoms with van der Waals surface area (Å²) in [4.78, 5) is 4.40. The molecule has 0 saturated heterocycles. The highest BCUT2D eigenvalue weighted by Crippen LogP contribution is 2.51. The summed E-state index contributed by atoms with van der Waals surface area (Å²) in [5.41, 5.74) is 0.0619. The molecule has 1 aliphatic carbocycles. The van der Waals surface area contributed by atoms with Gasteiger partial charge in [0.1, 0.15) is 11.9 Å². The van der Waals surface area contributed by atoms with Gasteiger partial charge in [-0.15, -0.1) is 0 Å². The highest BCUT2D eigenvalue weighted by Gasteiger charge is 2.43. The maximum Gasteiger partial charge on any atom is 0.138 e. The lowest BCUT2D eigenvalue weighted by atomic mass is 9.73. The van der Waals surface area contributed by atoms with Crippen LogP contribution in [0.2, 0.25) is 0 Å². The van der Waals surface area contributed by atoms with Crippen LogP contribution in [0.4, 0.5) is 0 Å². The summed E-state index contributed by atoms with van der Waals surface area (Å²) in [6.07, 6.45) is 9.25. The molecular formula is C15H26N2O. The second-order valence-corrected chi connectivity index (χ2v) is 6.14. The minimum Gasteiger partial charge on any atom is -0.385 e. The van der Waals surface area contributed by atoms with Crippen LogP contribution in [0.15, 0.2) is 12.4 Å². The number of imidazole rings is 1. The summed E-state index contributed by atoms with van der Waals surface area (Å²) in [7, 11) is 0. The molecule has 0 aliphatic heterocycles. The lowest BCUT2D eigenvalue weighted by molar-refractivity contribution is 0.00264. The van der Waals surface area contributed by atoms with Crippen molar-refractivity contribution in [3.05, 3.63) is 18.2 Å². The fraction of sp³-hybridized carbons (Fsp3) is 0.800. The predicted octanol–water partition coefficient (Wildman–Crippen LogP) is 3.54. The number of hydrogen-bond donors (Lipinski definition) is 1. The van der Waals surface area contributed by atoms with Gasteiger partial charge in [0.2, 0.25) is 0 Å². The Morgan fingerprint density at radius 2 is 2.06 bits per heavy atom. The Morgan fingerprint density at radius 3 is 2.61 bits per heavy atom. The van der Waals surface area contributed by atoms with Gasteiger partial charge in [-0.1, -0.05) is 26.7 Å². The Labute approximate surface area is 110 Å². The van der Waals surface area contributed by atoms with Gasteiger partial charge in [-0.2, -0.15) is 0 Å². The van der Waals surface area contributed by atoms with E-state index in [0.29, 0.717) is 5.92 Å². The molecule has 1 aromatic heterocycles. The molecule has 1 aromatic rings. The van der Waals surface area contributed by atoms with Gasteiger partial charge in [-0.05, 0) is 32.1 Å². The van der Waals surface area contributed by atoms with Crippen molar-refractivity contribution in [2.24, 2.45) is 11.3 Å². The molecule has 0 bridgehead atoms. The first-order valence-electron chi connectivity index (χ1n) is 7.28. The third-order valence-electron chi connectivity index (χ3n) is 4.33. The summed E-state index contributed by atoms with van der Waals surface area (Å²) >= 11 is 0. The van der Waals surface area contributed by atoms with E-state index >= 15 is 0 Å². The zero-order valence-corrected chi connectivity index (χ0v) is 11.9. The van der Waals surface area contributed by atoms with Crippen LogP contribution in [0.25, 0.3) is 0 Å². The van der Waals surface area contributed by atoms with E-state index in [1.54, 1.807) is 6.20 Å². The summed E-state index contributed by atoms with van der Waals surface area (Å²) < 4.78 is 2.07. The van der Waals surface area contributed by atoms with E-state index in [9.17, 15) is 5.11 Å². The molecule has 1 N–H and O–H groups in total.